The maximum atomic E-state index is 12.1. The van der Waals surface area contributed by atoms with E-state index in [9.17, 15) is 14.7 Å². The van der Waals surface area contributed by atoms with E-state index >= 15 is 0 Å². The zero-order valence-electron chi connectivity index (χ0n) is 19.6. The number of carbonyl (C=O) groups excluding carboxylic acids is 1. The molecule has 0 saturated heterocycles. The van der Waals surface area contributed by atoms with Crippen LogP contribution < -0.4 is 10.1 Å². The number of carboxylic acids is 1. The smallest absolute Gasteiger partial charge is 0.407 e. The van der Waals surface area contributed by atoms with E-state index in [4.69, 9.17) is 9.47 Å². The summed E-state index contributed by atoms with van der Waals surface area (Å²) in [7, 11) is 1.73. The predicted octanol–water partition coefficient (Wildman–Crippen LogP) is 3.02. The van der Waals surface area contributed by atoms with Crippen molar-refractivity contribution in [3.8, 4) is 17.3 Å². The maximum absolute atomic E-state index is 12.1. The van der Waals surface area contributed by atoms with Gasteiger partial charge in [-0.15, -0.1) is 5.10 Å². The summed E-state index contributed by atoms with van der Waals surface area (Å²) in [5, 5.41) is 20.2. The summed E-state index contributed by atoms with van der Waals surface area (Å²) in [5.41, 5.74) is 2.24. The van der Waals surface area contributed by atoms with Gasteiger partial charge in [-0.1, -0.05) is 18.6 Å². The number of amides is 1. The van der Waals surface area contributed by atoms with Gasteiger partial charge in [-0.25, -0.2) is 19.4 Å². The lowest BCUT2D eigenvalue weighted by Gasteiger charge is -2.27. The highest BCUT2D eigenvalue weighted by atomic mass is 16.6. The first-order chi connectivity index (χ1) is 15.8. The van der Waals surface area contributed by atoms with Crippen LogP contribution in [-0.2, 0) is 23.1 Å². The quantitative estimate of drug-likeness (QED) is 0.577. The summed E-state index contributed by atoms with van der Waals surface area (Å²) in [6.45, 7) is 5.85. The van der Waals surface area contributed by atoms with E-state index in [2.05, 4.69) is 25.6 Å². The van der Waals surface area contributed by atoms with Crippen molar-refractivity contribution >= 4 is 12.1 Å². The molecule has 0 bridgehead atoms. The fraction of sp³-hybridized carbons (Fsp3) is 0.636. The van der Waals surface area contributed by atoms with Gasteiger partial charge in [-0.2, -0.15) is 0 Å². The van der Waals surface area contributed by atoms with Gasteiger partial charge >= 0.3 is 12.1 Å². The molecule has 1 aliphatic carbocycles. The summed E-state index contributed by atoms with van der Waals surface area (Å²) >= 11 is 0. The minimum Gasteiger partial charge on any atom is -0.481 e. The van der Waals surface area contributed by atoms with Crippen molar-refractivity contribution in [1.29, 1.82) is 0 Å². The molecule has 33 heavy (non-hydrogen) atoms. The molecule has 2 aromatic heterocycles. The lowest BCUT2D eigenvalue weighted by molar-refractivity contribution is -0.143. The number of hydrogen-bond donors (Lipinski definition) is 2. The summed E-state index contributed by atoms with van der Waals surface area (Å²) < 4.78 is 12.9. The number of hydrogen-bond acceptors (Lipinski definition) is 8. The topological polar surface area (TPSA) is 141 Å². The molecule has 180 valence electrons. The molecule has 2 aromatic rings. The van der Waals surface area contributed by atoms with Gasteiger partial charge in [-0.05, 0) is 46.0 Å². The van der Waals surface area contributed by atoms with Gasteiger partial charge in [-0.3, -0.25) is 4.79 Å². The molecule has 3 atom stereocenters. The average Bonchev–Trinajstić information content (AvgIpc) is 3.14. The average molecular weight is 461 g/mol. The molecule has 1 saturated carbocycles. The number of rotatable bonds is 9. The van der Waals surface area contributed by atoms with Crippen molar-refractivity contribution in [1.82, 2.24) is 30.3 Å². The Kier molecular flexibility index (Phi) is 8.18. The Bertz CT molecular complexity index is 978. The summed E-state index contributed by atoms with van der Waals surface area (Å²) in [4.78, 5) is 32.3. The third kappa shape index (κ3) is 6.39. The lowest BCUT2D eigenvalue weighted by Crippen LogP contribution is -2.30. The van der Waals surface area contributed by atoms with E-state index in [1.54, 1.807) is 24.9 Å². The number of carboxylic acid groups (broad SMARTS) is 1. The summed E-state index contributed by atoms with van der Waals surface area (Å²) in [6, 6.07) is 0. The molecule has 11 heteroatoms. The van der Waals surface area contributed by atoms with Crippen LogP contribution in [0.2, 0.25) is 0 Å². The first-order valence-electron chi connectivity index (χ1n) is 11.3. The van der Waals surface area contributed by atoms with Gasteiger partial charge in [0.15, 0.2) is 0 Å². The van der Waals surface area contributed by atoms with Crippen molar-refractivity contribution in [2.24, 2.45) is 13.0 Å². The second kappa shape index (κ2) is 11.1. The van der Waals surface area contributed by atoms with Crippen LogP contribution in [0, 0.1) is 12.8 Å². The molecular weight excluding hydrogens is 428 g/mol. The van der Waals surface area contributed by atoms with Crippen LogP contribution >= 0.6 is 0 Å². The van der Waals surface area contributed by atoms with Crippen LogP contribution in [0.15, 0.2) is 6.20 Å². The number of alkyl carbamates (subject to hydrolysis) is 1. The second-order valence-electron chi connectivity index (χ2n) is 8.45. The zero-order valence-corrected chi connectivity index (χ0v) is 19.6. The van der Waals surface area contributed by atoms with Gasteiger partial charge in [0.1, 0.15) is 29.3 Å². The number of nitrogens with one attached hydrogen (secondary N) is 1. The molecule has 1 fully saturated rings. The van der Waals surface area contributed by atoms with Crippen LogP contribution in [0.25, 0.3) is 11.4 Å². The third-order valence-electron chi connectivity index (χ3n) is 5.74. The fourth-order valence-corrected chi connectivity index (χ4v) is 3.95. The first-order valence-corrected chi connectivity index (χ1v) is 11.3. The zero-order chi connectivity index (χ0) is 24.0. The number of nitrogens with zero attached hydrogens (tertiary/aromatic N) is 5. The molecule has 0 aromatic carbocycles. The molecule has 0 unspecified atom stereocenters. The summed E-state index contributed by atoms with van der Waals surface area (Å²) in [6.07, 6.45) is 5.16. The van der Waals surface area contributed by atoms with E-state index in [0.717, 1.165) is 25.7 Å². The van der Waals surface area contributed by atoms with Gasteiger partial charge < -0.3 is 19.9 Å². The number of aromatic nitrogens is 5. The summed E-state index contributed by atoms with van der Waals surface area (Å²) in [5.74, 6) is -0.789. The number of aryl methyl sites for hydroxylation is 2. The van der Waals surface area contributed by atoms with Crippen LogP contribution in [-0.4, -0.2) is 54.3 Å². The SMILES string of the molecule is CCC[C@H](C)OC(=O)NCc1c(-c2cnc(O[C@H]3CCC[C@H](C(=O)O)C3)c(C)n2)nnn1C. The molecule has 2 heterocycles. The highest BCUT2D eigenvalue weighted by molar-refractivity contribution is 5.70. The van der Waals surface area contributed by atoms with Crippen molar-refractivity contribution in [2.75, 3.05) is 0 Å². The molecule has 0 radical (unpaired) electrons. The normalized spacial score (nSPS) is 19.0. The third-order valence-corrected chi connectivity index (χ3v) is 5.74. The molecule has 11 nitrogen and oxygen atoms in total. The lowest BCUT2D eigenvalue weighted by atomic mass is 9.87. The van der Waals surface area contributed by atoms with Crippen molar-refractivity contribution in [2.45, 2.75) is 78.0 Å². The number of carbonyl (C=O) groups is 2. The van der Waals surface area contributed by atoms with E-state index < -0.39 is 12.1 Å². The van der Waals surface area contributed by atoms with Gasteiger partial charge in [0.2, 0.25) is 5.88 Å². The molecule has 1 aliphatic rings. The Morgan fingerprint density at radius 2 is 2.15 bits per heavy atom. The number of ether oxygens (including phenoxy) is 2. The fourth-order valence-electron chi connectivity index (χ4n) is 3.95. The van der Waals surface area contributed by atoms with Gasteiger partial charge in [0.05, 0.1) is 24.4 Å². The number of aliphatic carboxylic acids is 1. The monoisotopic (exact) mass is 460 g/mol. The van der Waals surface area contributed by atoms with Crippen LogP contribution in [0.3, 0.4) is 0 Å². The van der Waals surface area contributed by atoms with E-state index in [1.165, 1.54) is 0 Å². The minimum atomic E-state index is -0.783. The maximum Gasteiger partial charge on any atom is 0.407 e. The molecule has 2 N–H and O–H groups in total. The predicted molar refractivity (Wildman–Crippen MR) is 118 cm³/mol. The van der Waals surface area contributed by atoms with Crippen molar-refractivity contribution < 1.29 is 24.2 Å². The van der Waals surface area contributed by atoms with Gasteiger partial charge in [0, 0.05) is 7.05 Å². The van der Waals surface area contributed by atoms with Crippen LogP contribution in [0.5, 0.6) is 5.88 Å². The molecule has 3 rings (SSSR count). The Hall–Kier alpha value is -3.24. The Morgan fingerprint density at radius 1 is 1.36 bits per heavy atom. The minimum absolute atomic E-state index is 0.157. The molecule has 1 amide bonds. The van der Waals surface area contributed by atoms with E-state index in [-0.39, 0.29) is 24.7 Å². The van der Waals surface area contributed by atoms with Crippen LogP contribution in [0.1, 0.15) is 63.8 Å². The van der Waals surface area contributed by atoms with Crippen molar-refractivity contribution in [3.05, 3.63) is 17.6 Å². The highest BCUT2D eigenvalue weighted by Crippen LogP contribution is 2.29. The first kappa shape index (κ1) is 24.4. The standard InChI is InChI=1S/C22H32N6O5/c1-5-7-13(2)32-22(31)24-12-18-19(26-27-28(18)4)17-11-23-20(14(3)25-17)33-16-9-6-8-15(10-16)21(29)30/h11,13,15-16H,5-10,12H2,1-4H3,(H,24,31)(H,29,30)/t13-,15-,16-/m0/s1. The Labute approximate surface area is 192 Å². The van der Waals surface area contributed by atoms with Crippen molar-refractivity contribution in [3.63, 3.8) is 0 Å². The Morgan fingerprint density at radius 3 is 2.85 bits per heavy atom. The Balaban J connectivity index is 1.67. The van der Waals surface area contributed by atoms with Gasteiger partial charge in [0.25, 0.3) is 0 Å². The van der Waals surface area contributed by atoms with E-state index in [0.29, 0.717) is 41.5 Å². The second-order valence-corrected chi connectivity index (χ2v) is 8.45. The molecular formula is C22H32N6O5. The van der Waals surface area contributed by atoms with E-state index in [1.807, 2.05) is 13.8 Å². The van der Waals surface area contributed by atoms with Crippen LogP contribution in [0.4, 0.5) is 4.79 Å². The molecule has 0 aliphatic heterocycles. The highest BCUT2D eigenvalue weighted by Gasteiger charge is 2.29. The largest absolute Gasteiger partial charge is 0.481 e. The molecule has 0 spiro atoms.